The molecule has 4 aromatic rings. The summed E-state index contributed by atoms with van der Waals surface area (Å²) in [5, 5.41) is 0. The van der Waals surface area contributed by atoms with E-state index in [2.05, 4.69) is 40.1 Å². The van der Waals surface area contributed by atoms with Crippen LogP contribution in [0.15, 0.2) is 48.9 Å². The van der Waals surface area contributed by atoms with Crippen molar-refractivity contribution in [3.63, 3.8) is 0 Å². The summed E-state index contributed by atoms with van der Waals surface area (Å²) in [4.78, 5) is 39.9. The number of aryl methyl sites for hydroxylation is 3. The summed E-state index contributed by atoms with van der Waals surface area (Å²) in [5.41, 5.74) is 5.74. The molecule has 0 radical (unpaired) electrons. The molecule has 0 bridgehead atoms. The maximum atomic E-state index is 14.9. The lowest BCUT2D eigenvalue weighted by Crippen LogP contribution is -2.33. The molecular weight excluding hydrogens is 548 g/mol. The number of pyridine rings is 1. The Morgan fingerprint density at radius 2 is 1.35 bits per heavy atom. The van der Waals surface area contributed by atoms with E-state index in [4.69, 9.17) is 0 Å². The molecule has 0 aliphatic carbocycles. The summed E-state index contributed by atoms with van der Waals surface area (Å²) in [5.74, 6) is -1.08. The summed E-state index contributed by atoms with van der Waals surface area (Å²) < 4.78 is 29.4. The second-order valence-corrected chi connectivity index (χ2v) is 12.3. The van der Waals surface area contributed by atoms with Crippen molar-refractivity contribution in [1.29, 1.82) is 0 Å². The Labute approximate surface area is 250 Å². The van der Waals surface area contributed by atoms with Crippen molar-refractivity contribution in [2.75, 3.05) is 23.9 Å². The minimum absolute atomic E-state index is 0.118. The predicted octanol–water partition coefficient (Wildman–Crippen LogP) is 6.60. The maximum Gasteiger partial charge on any atom is 0.236 e. The van der Waals surface area contributed by atoms with Crippen molar-refractivity contribution >= 4 is 23.2 Å². The largest absolute Gasteiger partial charge is 0.314 e. The second kappa shape index (κ2) is 10.3. The third kappa shape index (κ3) is 4.76. The Morgan fingerprint density at radius 3 is 1.98 bits per heavy atom. The number of carbonyl (C=O) groups is 2. The molecule has 0 saturated heterocycles. The van der Waals surface area contributed by atoms with E-state index in [1.807, 2.05) is 40.1 Å². The first-order chi connectivity index (χ1) is 20.1. The van der Waals surface area contributed by atoms with E-state index in [1.165, 1.54) is 36.0 Å². The Hall–Kier alpha value is -4.53. The number of carbonyl (C=O) groups excluding carboxylic acids is 2. The molecule has 0 saturated carbocycles. The van der Waals surface area contributed by atoms with Crippen LogP contribution in [-0.2, 0) is 20.4 Å². The lowest BCUT2D eigenvalue weighted by molar-refractivity contribution is -0.122. The number of aromatic nitrogens is 3. The zero-order chi connectivity index (χ0) is 31.6. The van der Waals surface area contributed by atoms with Gasteiger partial charge in [0.1, 0.15) is 11.6 Å². The highest BCUT2D eigenvalue weighted by atomic mass is 19.1. The van der Waals surface area contributed by atoms with Crippen molar-refractivity contribution in [3.05, 3.63) is 88.8 Å². The smallest absolute Gasteiger partial charge is 0.236 e. The van der Waals surface area contributed by atoms with Gasteiger partial charge in [0.2, 0.25) is 11.8 Å². The topological polar surface area (TPSA) is 79.3 Å². The number of likely N-dealkylation sites (N-methyl/N-ethyl adjacent to an activating group) is 2. The standard InChI is InChI=1S/C18H20N2O.C16H15F2N3O/c1-11-8-15-16(20(5)17(21)18(15,3)4)10-14(11)13-6-7-19-12(2)9-13;1-8-19-6-9(7-20-8)12-11(17)5-10-14(13(12)18)21(4)15(22)16(10,2)3/h6-10H,1-5H3;5-7H,1-4H3. The highest BCUT2D eigenvalue weighted by Gasteiger charge is 2.45. The summed E-state index contributed by atoms with van der Waals surface area (Å²) in [7, 11) is 3.35. The van der Waals surface area contributed by atoms with Crippen LogP contribution in [0, 0.1) is 32.4 Å². The van der Waals surface area contributed by atoms with Crippen molar-refractivity contribution < 1.29 is 18.4 Å². The van der Waals surface area contributed by atoms with Gasteiger partial charge in [0, 0.05) is 49.6 Å². The van der Waals surface area contributed by atoms with E-state index >= 15 is 0 Å². The number of anilines is 2. The Kier molecular flexibility index (Phi) is 7.19. The van der Waals surface area contributed by atoms with Crippen LogP contribution in [0.4, 0.5) is 20.2 Å². The van der Waals surface area contributed by atoms with Gasteiger partial charge in [0.05, 0.1) is 22.1 Å². The van der Waals surface area contributed by atoms with Crippen LogP contribution in [0.1, 0.15) is 55.9 Å². The number of rotatable bonds is 2. The van der Waals surface area contributed by atoms with Gasteiger partial charge in [-0.25, -0.2) is 18.7 Å². The fourth-order valence-corrected chi connectivity index (χ4v) is 5.98. The van der Waals surface area contributed by atoms with Gasteiger partial charge >= 0.3 is 0 Å². The quantitative estimate of drug-likeness (QED) is 0.266. The molecular formula is C34H35F2N5O2. The minimum Gasteiger partial charge on any atom is -0.314 e. The predicted molar refractivity (Wildman–Crippen MR) is 164 cm³/mol. The normalized spacial score (nSPS) is 16.2. The van der Waals surface area contributed by atoms with Gasteiger partial charge in [0.15, 0.2) is 5.82 Å². The summed E-state index contributed by atoms with van der Waals surface area (Å²) in [6, 6.07) is 9.61. The molecule has 222 valence electrons. The lowest BCUT2D eigenvalue weighted by atomic mass is 9.84. The first-order valence-corrected chi connectivity index (χ1v) is 14.0. The van der Waals surface area contributed by atoms with E-state index in [9.17, 15) is 18.4 Å². The first kappa shape index (κ1) is 29.9. The average Bonchev–Trinajstić information content (AvgIpc) is 3.23. The molecule has 0 atom stereocenters. The Balaban J connectivity index is 0.000000171. The number of halogens is 2. The van der Waals surface area contributed by atoms with Gasteiger partial charge in [-0.1, -0.05) is 6.07 Å². The van der Waals surface area contributed by atoms with Crippen molar-refractivity contribution in [1.82, 2.24) is 15.0 Å². The Bertz CT molecular complexity index is 1800. The molecule has 2 aromatic carbocycles. The molecule has 43 heavy (non-hydrogen) atoms. The molecule has 0 N–H and O–H groups in total. The second-order valence-electron chi connectivity index (χ2n) is 12.3. The van der Waals surface area contributed by atoms with Gasteiger partial charge in [-0.05, 0) is 101 Å². The molecule has 2 amide bonds. The summed E-state index contributed by atoms with van der Waals surface area (Å²) >= 11 is 0. The van der Waals surface area contributed by atoms with Crippen LogP contribution in [-0.4, -0.2) is 40.9 Å². The molecule has 2 aliphatic rings. The van der Waals surface area contributed by atoms with Crippen LogP contribution >= 0.6 is 0 Å². The van der Waals surface area contributed by atoms with E-state index in [0.717, 1.165) is 28.1 Å². The molecule has 4 heterocycles. The molecule has 0 spiro atoms. The average molecular weight is 584 g/mol. The molecule has 0 unspecified atom stereocenters. The van der Waals surface area contributed by atoms with Crippen molar-refractivity contribution in [2.24, 2.45) is 0 Å². The monoisotopic (exact) mass is 583 g/mol. The number of hydrogen-bond acceptors (Lipinski definition) is 5. The Morgan fingerprint density at radius 1 is 0.744 bits per heavy atom. The van der Waals surface area contributed by atoms with E-state index in [1.54, 1.807) is 25.7 Å². The number of amides is 2. The first-order valence-electron chi connectivity index (χ1n) is 14.0. The molecule has 2 aromatic heterocycles. The van der Waals surface area contributed by atoms with Gasteiger partial charge < -0.3 is 9.80 Å². The molecule has 6 rings (SSSR count). The maximum absolute atomic E-state index is 14.9. The van der Waals surface area contributed by atoms with E-state index < -0.39 is 22.5 Å². The van der Waals surface area contributed by atoms with Crippen molar-refractivity contribution in [2.45, 2.75) is 59.3 Å². The molecule has 9 heteroatoms. The molecule has 0 fully saturated rings. The van der Waals surface area contributed by atoms with Crippen LogP contribution in [0.5, 0.6) is 0 Å². The highest BCUT2D eigenvalue weighted by Crippen LogP contribution is 2.46. The third-order valence-corrected chi connectivity index (χ3v) is 8.53. The van der Waals surface area contributed by atoms with Gasteiger partial charge in [-0.3, -0.25) is 14.6 Å². The van der Waals surface area contributed by atoms with E-state index in [0.29, 0.717) is 11.4 Å². The highest BCUT2D eigenvalue weighted by molar-refractivity contribution is 6.08. The van der Waals surface area contributed by atoms with Crippen molar-refractivity contribution in [3.8, 4) is 22.3 Å². The summed E-state index contributed by atoms with van der Waals surface area (Å²) in [6.45, 7) is 13.1. The zero-order valence-electron chi connectivity index (χ0n) is 25.9. The molecule has 7 nitrogen and oxygen atoms in total. The molecule has 2 aliphatic heterocycles. The number of hydrogen-bond donors (Lipinski definition) is 0. The van der Waals surface area contributed by atoms with E-state index in [-0.39, 0.29) is 28.6 Å². The van der Waals surface area contributed by atoms with Gasteiger partial charge in [-0.2, -0.15) is 0 Å². The summed E-state index contributed by atoms with van der Waals surface area (Å²) in [6.07, 6.45) is 4.58. The fraction of sp³-hybridized carbons (Fsp3) is 0.324. The van der Waals surface area contributed by atoms with Crippen LogP contribution in [0.3, 0.4) is 0 Å². The zero-order valence-corrected chi connectivity index (χ0v) is 25.9. The number of nitrogens with zero attached hydrogens (tertiary/aromatic N) is 5. The fourth-order valence-electron chi connectivity index (χ4n) is 5.98. The van der Waals surface area contributed by atoms with Gasteiger partial charge in [0.25, 0.3) is 0 Å². The third-order valence-electron chi connectivity index (χ3n) is 8.53. The minimum atomic E-state index is -0.950. The SMILES string of the molecule is Cc1cc(-c2cc3c(cc2C)C(C)(C)C(=O)N3C)ccn1.Cc1ncc(-c2c(F)cc3c(c2F)N(C)C(=O)C3(C)C)cn1. The van der Waals surface area contributed by atoms with Crippen LogP contribution in [0.2, 0.25) is 0 Å². The van der Waals surface area contributed by atoms with Crippen LogP contribution < -0.4 is 9.80 Å². The number of benzene rings is 2. The van der Waals surface area contributed by atoms with Crippen LogP contribution in [0.25, 0.3) is 22.3 Å². The van der Waals surface area contributed by atoms with Gasteiger partial charge in [-0.15, -0.1) is 0 Å². The lowest BCUT2D eigenvalue weighted by Gasteiger charge is -2.17. The number of fused-ring (bicyclic) bond motifs is 2.